The van der Waals surface area contributed by atoms with Crippen molar-refractivity contribution in [3.05, 3.63) is 24.4 Å². The lowest BCUT2D eigenvalue weighted by Crippen LogP contribution is -2.27. The van der Waals surface area contributed by atoms with Crippen molar-refractivity contribution in [3.8, 4) is 0 Å². The van der Waals surface area contributed by atoms with Crippen LogP contribution in [0.4, 0.5) is 0 Å². The Balaban J connectivity index is 0.000000810. The molecule has 1 rings (SSSR count). The van der Waals surface area contributed by atoms with Gasteiger partial charge in [0.25, 0.3) is 0 Å². The first-order valence-corrected chi connectivity index (χ1v) is 3.45. The summed E-state index contributed by atoms with van der Waals surface area (Å²) in [7, 11) is 0. The molecule has 58 valence electrons. The zero-order valence-electron chi connectivity index (χ0n) is 6.45. The van der Waals surface area contributed by atoms with E-state index in [4.69, 9.17) is 0 Å². The van der Waals surface area contributed by atoms with Gasteiger partial charge in [0.15, 0.2) is 0 Å². The van der Waals surface area contributed by atoms with Crippen molar-refractivity contribution in [1.82, 2.24) is 4.90 Å². The van der Waals surface area contributed by atoms with Gasteiger partial charge in [-0.25, -0.2) is 0 Å². The minimum Gasteiger partial charge on any atom is -0.372 e. The Morgan fingerprint density at radius 1 is 1.40 bits per heavy atom. The van der Waals surface area contributed by atoms with Crippen molar-refractivity contribution in [3.63, 3.8) is 0 Å². The second kappa shape index (κ2) is 4.56. The third kappa shape index (κ3) is 2.18. The van der Waals surface area contributed by atoms with E-state index in [0.29, 0.717) is 6.04 Å². The molecule has 1 aliphatic heterocycles. The van der Waals surface area contributed by atoms with Gasteiger partial charge in [-0.2, -0.15) is 0 Å². The van der Waals surface area contributed by atoms with Crippen molar-refractivity contribution < 1.29 is 0 Å². The summed E-state index contributed by atoms with van der Waals surface area (Å²) in [5, 5.41) is 0. The average Bonchev–Trinajstić information content (AvgIpc) is 1.89. The number of nitrogens with zero attached hydrogens (tertiary/aromatic N) is 1. The maximum absolute atomic E-state index is 2.29. The Kier molecular flexibility index (Phi) is 4.45. The lowest BCUT2D eigenvalue weighted by atomic mass is 10.2. The van der Waals surface area contributed by atoms with Gasteiger partial charge in [-0.05, 0) is 26.1 Å². The summed E-state index contributed by atoms with van der Waals surface area (Å²) in [5.74, 6) is 0. The van der Waals surface area contributed by atoms with E-state index in [0.717, 1.165) is 6.54 Å². The van der Waals surface area contributed by atoms with E-state index in [-0.39, 0.29) is 17.0 Å². The summed E-state index contributed by atoms with van der Waals surface area (Å²) in [6, 6.07) is 0.583. The van der Waals surface area contributed by atoms with E-state index in [1.54, 1.807) is 0 Å². The molecule has 10 heavy (non-hydrogen) atoms. The van der Waals surface area contributed by atoms with Crippen molar-refractivity contribution in [2.24, 2.45) is 0 Å². The molecule has 0 saturated carbocycles. The van der Waals surface area contributed by atoms with Crippen LogP contribution in [0.1, 0.15) is 13.8 Å². The van der Waals surface area contributed by atoms with Gasteiger partial charge in [0.1, 0.15) is 0 Å². The fourth-order valence-electron chi connectivity index (χ4n) is 1.02. The molecule has 1 aliphatic rings. The third-order valence-corrected chi connectivity index (χ3v) is 1.67. The van der Waals surface area contributed by atoms with Gasteiger partial charge in [0.05, 0.1) is 0 Å². The first-order chi connectivity index (χ1) is 4.34. The van der Waals surface area contributed by atoms with E-state index >= 15 is 0 Å². The minimum atomic E-state index is 0. The molecular formula is C8H14BrN. The number of allylic oxidation sites excluding steroid dienone is 2. The normalized spacial score (nSPS) is 22.6. The number of likely N-dealkylation sites (N-methyl/N-ethyl adjacent to an activating group) is 1. The Morgan fingerprint density at radius 3 is 2.50 bits per heavy atom. The van der Waals surface area contributed by atoms with Gasteiger partial charge in [-0.3, -0.25) is 0 Å². The molecule has 0 saturated heterocycles. The predicted molar refractivity (Wildman–Crippen MR) is 50.4 cm³/mol. The highest BCUT2D eigenvalue weighted by Gasteiger charge is 2.04. The lowest BCUT2D eigenvalue weighted by Gasteiger charge is -2.25. The zero-order chi connectivity index (χ0) is 6.69. The highest BCUT2D eigenvalue weighted by atomic mass is 79.9. The SMILES string of the molecule is Br.CCN1C=CC=CC1C. The van der Waals surface area contributed by atoms with E-state index in [9.17, 15) is 0 Å². The molecule has 1 heterocycles. The second-order valence-corrected chi connectivity index (χ2v) is 2.30. The molecule has 0 radical (unpaired) electrons. The molecule has 0 N–H and O–H groups in total. The van der Waals surface area contributed by atoms with Crippen LogP contribution in [0.2, 0.25) is 0 Å². The fourth-order valence-corrected chi connectivity index (χ4v) is 1.02. The summed E-state index contributed by atoms with van der Waals surface area (Å²) in [5.41, 5.74) is 0. The largest absolute Gasteiger partial charge is 0.372 e. The van der Waals surface area contributed by atoms with E-state index in [1.165, 1.54) is 0 Å². The van der Waals surface area contributed by atoms with Crippen LogP contribution in [0.5, 0.6) is 0 Å². The van der Waals surface area contributed by atoms with Crippen LogP contribution in [0.15, 0.2) is 24.4 Å². The molecule has 0 spiro atoms. The van der Waals surface area contributed by atoms with Gasteiger partial charge < -0.3 is 4.90 Å². The Labute approximate surface area is 73.2 Å². The molecule has 0 aliphatic carbocycles. The highest BCUT2D eigenvalue weighted by molar-refractivity contribution is 8.93. The third-order valence-electron chi connectivity index (χ3n) is 1.67. The van der Waals surface area contributed by atoms with Gasteiger partial charge in [-0.15, -0.1) is 17.0 Å². The Bertz CT molecular complexity index is 140. The van der Waals surface area contributed by atoms with Crippen LogP contribution in [-0.2, 0) is 0 Å². The van der Waals surface area contributed by atoms with E-state index in [1.807, 2.05) is 0 Å². The van der Waals surface area contributed by atoms with Gasteiger partial charge in [0.2, 0.25) is 0 Å². The van der Waals surface area contributed by atoms with Crippen molar-refractivity contribution in [2.75, 3.05) is 6.54 Å². The standard InChI is InChI=1S/C8H13N.BrH/c1-3-9-7-5-4-6-8(9)2;/h4-8H,3H2,1-2H3;1H. The highest BCUT2D eigenvalue weighted by Crippen LogP contribution is 2.05. The molecule has 1 atom stereocenters. The molecular weight excluding hydrogens is 190 g/mol. The second-order valence-electron chi connectivity index (χ2n) is 2.30. The molecule has 0 aromatic rings. The molecule has 0 amide bonds. The molecule has 1 unspecified atom stereocenters. The molecule has 0 bridgehead atoms. The number of hydrogen-bond donors (Lipinski definition) is 0. The monoisotopic (exact) mass is 203 g/mol. The summed E-state index contributed by atoms with van der Waals surface area (Å²) in [6.07, 6.45) is 8.49. The van der Waals surface area contributed by atoms with Crippen LogP contribution >= 0.6 is 17.0 Å². The number of rotatable bonds is 1. The fraction of sp³-hybridized carbons (Fsp3) is 0.500. The topological polar surface area (TPSA) is 3.24 Å². The van der Waals surface area contributed by atoms with Gasteiger partial charge in [0, 0.05) is 12.6 Å². The first kappa shape index (κ1) is 9.76. The predicted octanol–water partition coefficient (Wildman–Crippen LogP) is 2.36. The number of hydrogen-bond acceptors (Lipinski definition) is 1. The van der Waals surface area contributed by atoms with Gasteiger partial charge >= 0.3 is 0 Å². The average molecular weight is 204 g/mol. The first-order valence-electron chi connectivity index (χ1n) is 3.45. The zero-order valence-corrected chi connectivity index (χ0v) is 8.16. The summed E-state index contributed by atoms with van der Waals surface area (Å²) < 4.78 is 0. The Hall–Kier alpha value is -0.240. The van der Waals surface area contributed by atoms with Gasteiger partial charge in [-0.1, -0.05) is 12.2 Å². The molecule has 2 heteroatoms. The maximum Gasteiger partial charge on any atom is 0.0442 e. The van der Waals surface area contributed by atoms with Crippen LogP contribution in [-0.4, -0.2) is 17.5 Å². The quantitative estimate of drug-likeness (QED) is 0.633. The van der Waals surface area contributed by atoms with Crippen LogP contribution in [0.25, 0.3) is 0 Å². The Morgan fingerprint density at radius 2 is 2.10 bits per heavy atom. The smallest absolute Gasteiger partial charge is 0.0442 e. The van der Waals surface area contributed by atoms with Crippen LogP contribution in [0, 0.1) is 0 Å². The van der Waals surface area contributed by atoms with Crippen molar-refractivity contribution >= 4 is 17.0 Å². The van der Waals surface area contributed by atoms with Crippen molar-refractivity contribution in [1.29, 1.82) is 0 Å². The molecule has 0 aromatic carbocycles. The molecule has 1 nitrogen and oxygen atoms in total. The van der Waals surface area contributed by atoms with E-state index in [2.05, 4.69) is 43.2 Å². The maximum atomic E-state index is 2.29. The van der Waals surface area contributed by atoms with E-state index < -0.39 is 0 Å². The number of halogens is 1. The molecule has 0 fully saturated rings. The molecule has 0 aromatic heterocycles. The lowest BCUT2D eigenvalue weighted by molar-refractivity contribution is 0.350. The summed E-state index contributed by atoms with van der Waals surface area (Å²) in [4.78, 5) is 2.29. The summed E-state index contributed by atoms with van der Waals surface area (Å²) in [6.45, 7) is 5.46. The van der Waals surface area contributed by atoms with Crippen LogP contribution in [0.3, 0.4) is 0 Å². The van der Waals surface area contributed by atoms with Crippen molar-refractivity contribution in [2.45, 2.75) is 19.9 Å². The minimum absolute atomic E-state index is 0. The van der Waals surface area contributed by atoms with Crippen LogP contribution < -0.4 is 0 Å². The summed E-state index contributed by atoms with van der Waals surface area (Å²) >= 11 is 0.